The number of halogens is 1. The second-order valence-electron chi connectivity index (χ2n) is 8.91. The molecule has 2 amide bonds. The molecule has 0 bridgehead atoms. The molecular weight excluding hydrogens is 505 g/mol. The average molecular weight is 532 g/mol. The number of nitrogens with one attached hydrogen (secondary N) is 1. The molecule has 0 unspecified atom stereocenters. The molecule has 4 aromatic rings. The van der Waals surface area contributed by atoms with E-state index in [0.717, 1.165) is 16.8 Å². The first-order valence-electron chi connectivity index (χ1n) is 12.2. The van der Waals surface area contributed by atoms with Gasteiger partial charge in [0.25, 0.3) is 11.1 Å². The first-order valence-corrected chi connectivity index (χ1v) is 13.2. The summed E-state index contributed by atoms with van der Waals surface area (Å²) < 4.78 is 18.8. The van der Waals surface area contributed by atoms with Crippen molar-refractivity contribution in [2.75, 3.05) is 42.1 Å². The highest BCUT2D eigenvalue weighted by molar-refractivity contribution is 7.99. The van der Waals surface area contributed by atoms with E-state index in [-0.39, 0.29) is 23.4 Å². The van der Waals surface area contributed by atoms with E-state index in [0.29, 0.717) is 48.5 Å². The Morgan fingerprint density at radius 1 is 0.921 bits per heavy atom. The van der Waals surface area contributed by atoms with E-state index in [4.69, 9.17) is 4.42 Å². The highest BCUT2D eigenvalue weighted by atomic mass is 32.2. The van der Waals surface area contributed by atoms with Crippen molar-refractivity contribution in [3.05, 3.63) is 89.7 Å². The number of hydrogen-bond donors (Lipinski definition) is 1. The third-order valence-corrected chi connectivity index (χ3v) is 7.02. The first kappa shape index (κ1) is 25.5. The van der Waals surface area contributed by atoms with Gasteiger partial charge < -0.3 is 19.5 Å². The van der Waals surface area contributed by atoms with Gasteiger partial charge in [0.15, 0.2) is 0 Å². The Balaban J connectivity index is 1.08. The molecule has 194 valence electrons. The smallest absolute Gasteiger partial charge is 0.277 e. The van der Waals surface area contributed by atoms with E-state index in [1.165, 1.54) is 36.0 Å². The lowest BCUT2D eigenvalue weighted by molar-refractivity contribution is -0.113. The molecule has 0 saturated carbocycles. The van der Waals surface area contributed by atoms with Crippen molar-refractivity contribution in [2.24, 2.45) is 0 Å². The van der Waals surface area contributed by atoms with Crippen molar-refractivity contribution in [3.63, 3.8) is 0 Å². The maximum absolute atomic E-state index is 13.1. The van der Waals surface area contributed by atoms with E-state index in [2.05, 4.69) is 20.4 Å². The van der Waals surface area contributed by atoms with Gasteiger partial charge in [-0.05, 0) is 67.6 Å². The van der Waals surface area contributed by atoms with Crippen LogP contribution in [0.25, 0.3) is 11.5 Å². The van der Waals surface area contributed by atoms with E-state index in [1.54, 1.807) is 4.90 Å². The van der Waals surface area contributed by atoms with Crippen molar-refractivity contribution in [1.29, 1.82) is 0 Å². The van der Waals surface area contributed by atoms with Crippen LogP contribution in [0.15, 0.2) is 82.4 Å². The summed E-state index contributed by atoms with van der Waals surface area (Å²) in [5.74, 6) is -0.0621. The lowest BCUT2D eigenvalue weighted by Gasteiger charge is -2.36. The monoisotopic (exact) mass is 531 g/mol. The summed E-state index contributed by atoms with van der Waals surface area (Å²) in [7, 11) is 0. The van der Waals surface area contributed by atoms with Crippen LogP contribution in [0.5, 0.6) is 0 Å². The Hall–Kier alpha value is -4.18. The van der Waals surface area contributed by atoms with Gasteiger partial charge in [0.05, 0.1) is 5.75 Å². The molecule has 1 fully saturated rings. The number of aryl methyl sites for hydroxylation is 1. The van der Waals surface area contributed by atoms with E-state index in [9.17, 15) is 14.0 Å². The van der Waals surface area contributed by atoms with Gasteiger partial charge in [-0.1, -0.05) is 29.5 Å². The minimum absolute atomic E-state index is 0.0903. The number of hydrogen-bond acceptors (Lipinski definition) is 7. The number of benzene rings is 3. The summed E-state index contributed by atoms with van der Waals surface area (Å²) in [5.41, 5.74) is 4.17. The van der Waals surface area contributed by atoms with Crippen LogP contribution in [-0.4, -0.2) is 58.8 Å². The zero-order valence-corrected chi connectivity index (χ0v) is 21.6. The molecule has 0 radical (unpaired) electrons. The number of piperazine rings is 1. The molecule has 1 aliphatic rings. The lowest BCUT2D eigenvalue weighted by Crippen LogP contribution is -2.48. The Labute approximate surface area is 223 Å². The van der Waals surface area contributed by atoms with Crippen LogP contribution >= 0.6 is 11.8 Å². The Bertz CT molecular complexity index is 1400. The maximum atomic E-state index is 13.1. The van der Waals surface area contributed by atoms with Gasteiger partial charge in [0, 0.05) is 48.7 Å². The third kappa shape index (κ3) is 6.20. The summed E-state index contributed by atoms with van der Waals surface area (Å²) in [5, 5.41) is 11.3. The molecular formula is C28H26FN5O3S. The Kier molecular flexibility index (Phi) is 7.69. The van der Waals surface area contributed by atoms with Crippen molar-refractivity contribution in [1.82, 2.24) is 15.1 Å². The topological polar surface area (TPSA) is 91.6 Å². The maximum Gasteiger partial charge on any atom is 0.277 e. The number of anilines is 2. The summed E-state index contributed by atoms with van der Waals surface area (Å²) >= 11 is 1.18. The first-order chi connectivity index (χ1) is 18.4. The fourth-order valence-electron chi connectivity index (χ4n) is 4.10. The molecule has 0 atom stereocenters. The molecule has 1 N–H and O–H groups in total. The van der Waals surface area contributed by atoms with Crippen molar-refractivity contribution in [2.45, 2.75) is 12.1 Å². The predicted molar refractivity (Wildman–Crippen MR) is 145 cm³/mol. The molecule has 0 spiro atoms. The number of nitrogens with zero attached hydrogens (tertiary/aromatic N) is 4. The van der Waals surface area contributed by atoms with Gasteiger partial charge in [-0.15, -0.1) is 10.2 Å². The zero-order valence-electron chi connectivity index (χ0n) is 20.8. The van der Waals surface area contributed by atoms with Crippen LogP contribution in [0.4, 0.5) is 15.8 Å². The van der Waals surface area contributed by atoms with Crippen LogP contribution < -0.4 is 10.2 Å². The van der Waals surface area contributed by atoms with E-state index < -0.39 is 0 Å². The van der Waals surface area contributed by atoms with Gasteiger partial charge in [-0.25, -0.2) is 4.39 Å². The molecule has 1 saturated heterocycles. The van der Waals surface area contributed by atoms with Crippen LogP contribution in [-0.2, 0) is 4.79 Å². The van der Waals surface area contributed by atoms with Crippen molar-refractivity contribution in [3.8, 4) is 11.5 Å². The number of rotatable bonds is 7. The van der Waals surface area contributed by atoms with Crippen molar-refractivity contribution >= 4 is 35.0 Å². The molecule has 10 heteroatoms. The van der Waals surface area contributed by atoms with Gasteiger partial charge >= 0.3 is 0 Å². The fourth-order valence-corrected chi connectivity index (χ4v) is 4.67. The third-order valence-electron chi connectivity index (χ3n) is 6.21. The summed E-state index contributed by atoms with van der Waals surface area (Å²) in [6.07, 6.45) is 0. The van der Waals surface area contributed by atoms with Gasteiger partial charge in [0.1, 0.15) is 5.82 Å². The second-order valence-corrected chi connectivity index (χ2v) is 9.84. The van der Waals surface area contributed by atoms with Gasteiger partial charge in [-0.3, -0.25) is 9.59 Å². The lowest BCUT2D eigenvalue weighted by atomic mass is 10.1. The number of aromatic nitrogens is 2. The molecule has 3 aromatic carbocycles. The average Bonchev–Trinajstić information content (AvgIpc) is 3.42. The molecule has 8 nitrogen and oxygen atoms in total. The second kappa shape index (κ2) is 11.5. The van der Waals surface area contributed by atoms with E-state index >= 15 is 0 Å². The number of amides is 2. The molecule has 1 aromatic heterocycles. The number of carbonyl (C=O) groups is 2. The predicted octanol–water partition coefficient (Wildman–Crippen LogP) is 4.88. The molecule has 2 heterocycles. The standard InChI is InChI=1S/C28H26FN5O3S/c1-19-2-4-20(5-3-19)26-31-32-28(37-26)38-18-25(35)30-23-10-12-24(13-11-23)33-14-16-34(17-15-33)27(36)21-6-8-22(29)9-7-21/h2-13H,14-18H2,1H3,(H,30,35). The highest BCUT2D eigenvalue weighted by Gasteiger charge is 2.22. The summed E-state index contributed by atoms with van der Waals surface area (Å²) in [6.45, 7) is 4.53. The van der Waals surface area contributed by atoms with Crippen molar-refractivity contribution < 1.29 is 18.4 Å². The highest BCUT2D eigenvalue weighted by Crippen LogP contribution is 2.24. The fraction of sp³-hybridized carbons (Fsp3) is 0.214. The van der Waals surface area contributed by atoms with Crippen LogP contribution in [0.2, 0.25) is 0 Å². The van der Waals surface area contributed by atoms with Crippen LogP contribution in [0.1, 0.15) is 15.9 Å². The van der Waals surface area contributed by atoms with Crippen LogP contribution in [0, 0.1) is 12.7 Å². The molecule has 5 rings (SSSR count). The van der Waals surface area contributed by atoms with Crippen LogP contribution in [0.3, 0.4) is 0 Å². The van der Waals surface area contributed by atoms with E-state index in [1.807, 2.05) is 55.5 Å². The molecule has 0 aliphatic carbocycles. The molecule has 1 aliphatic heterocycles. The quantitative estimate of drug-likeness (QED) is 0.340. The largest absolute Gasteiger partial charge is 0.411 e. The minimum Gasteiger partial charge on any atom is -0.411 e. The van der Waals surface area contributed by atoms with Gasteiger partial charge in [0.2, 0.25) is 11.8 Å². The summed E-state index contributed by atoms with van der Waals surface area (Å²) in [4.78, 5) is 29.1. The minimum atomic E-state index is -0.357. The Morgan fingerprint density at radius 3 is 2.29 bits per heavy atom. The number of thioether (sulfide) groups is 1. The zero-order chi connectivity index (χ0) is 26.5. The normalized spacial score (nSPS) is 13.4. The molecule has 38 heavy (non-hydrogen) atoms. The Morgan fingerprint density at radius 2 is 1.61 bits per heavy atom. The number of carbonyl (C=O) groups excluding carboxylic acids is 2. The summed E-state index contributed by atoms with van der Waals surface area (Å²) in [6, 6.07) is 21.0. The van der Waals surface area contributed by atoms with Gasteiger partial charge in [-0.2, -0.15) is 0 Å². The SMILES string of the molecule is Cc1ccc(-c2nnc(SCC(=O)Nc3ccc(N4CCN(C(=O)c5ccc(F)cc5)CC4)cc3)o2)cc1.